The summed E-state index contributed by atoms with van der Waals surface area (Å²) in [5.74, 6) is -0.213. The molecular formula is C22H26Cl2N4O3. The van der Waals surface area contributed by atoms with Crippen LogP contribution in [-0.2, 0) is 4.74 Å². The van der Waals surface area contributed by atoms with Crippen LogP contribution in [0.3, 0.4) is 0 Å². The number of anilines is 1. The second-order valence-electron chi connectivity index (χ2n) is 8.43. The van der Waals surface area contributed by atoms with E-state index in [0.29, 0.717) is 35.2 Å². The fraction of sp³-hybridized carbons (Fsp3) is 0.409. The van der Waals surface area contributed by atoms with Crippen molar-refractivity contribution in [2.45, 2.75) is 44.8 Å². The minimum Gasteiger partial charge on any atom is -0.444 e. The second-order valence-corrected chi connectivity index (χ2v) is 9.31. The molecule has 1 aromatic carbocycles. The molecule has 2 N–H and O–H groups in total. The van der Waals surface area contributed by atoms with Gasteiger partial charge in [-0.25, -0.2) is 9.59 Å². The molecule has 1 aliphatic heterocycles. The maximum Gasteiger partial charge on any atom is 0.410 e. The number of pyridine rings is 1. The van der Waals surface area contributed by atoms with Gasteiger partial charge in [0.15, 0.2) is 0 Å². The summed E-state index contributed by atoms with van der Waals surface area (Å²) in [6.07, 6.45) is 1.74. The number of amides is 3. The Labute approximate surface area is 192 Å². The largest absolute Gasteiger partial charge is 0.444 e. The van der Waals surface area contributed by atoms with Crippen LogP contribution in [0.15, 0.2) is 42.6 Å². The van der Waals surface area contributed by atoms with Crippen LogP contribution in [0.2, 0.25) is 10.0 Å². The zero-order valence-electron chi connectivity index (χ0n) is 17.7. The molecule has 0 saturated carbocycles. The van der Waals surface area contributed by atoms with Gasteiger partial charge in [-0.05, 0) is 63.6 Å². The zero-order chi connectivity index (χ0) is 22.6. The number of carbonyl (C=O) groups is 2. The van der Waals surface area contributed by atoms with Crippen molar-refractivity contribution in [3.8, 4) is 0 Å². The third kappa shape index (κ3) is 6.74. The summed E-state index contributed by atoms with van der Waals surface area (Å²) in [7, 11) is 0. The molecule has 2 heterocycles. The number of nitrogens with one attached hydrogen (secondary N) is 2. The molecule has 0 unspecified atom stereocenters. The van der Waals surface area contributed by atoms with E-state index in [4.69, 9.17) is 27.9 Å². The van der Waals surface area contributed by atoms with E-state index in [2.05, 4.69) is 15.6 Å². The number of aromatic nitrogens is 1. The highest BCUT2D eigenvalue weighted by Crippen LogP contribution is 2.28. The van der Waals surface area contributed by atoms with Crippen molar-refractivity contribution < 1.29 is 14.3 Å². The highest BCUT2D eigenvalue weighted by molar-refractivity contribution is 6.30. The standard InChI is InChI=1S/C22H26Cl2N4O3/c1-22(2,3)31-21(30)28-11-10-19(17(13-28)18-9-6-15(24)12-25-18)27-20(29)26-16-7-4-14(23)5-8-16/h4-9,12,17,19H,10-11,13H2,1-3H3,(H2,26,27,29)/t17-,19+/m0/s1. The van der Waals surface area contributed by atoms with Gasteiger partial charge in [-0.2, -0.15) is 0 Å². The van der Waals surface area contributed by atoms with E-state index < -0.39 is 5.60 Å². The van der Waals surface area contributed by atoms with Crippen molar-refractivity contribution in [2.24, 2.45) is 0 Å². The lowest BCUT2D eigenvalue weighted by Crippen LogP contribution is -2.53. The molecule has 1 saturated heterocycles. The molecule has 1 aliphatic rings. The monoisotopic (exact) mass is 464 g/mol. The molecular weight excluding hydrogens is 439 g/mol. The average Bonchev–Trinajstić information content (AvgIpc) is 2.69. The number of halogens is 2. The van der Waals surface area contributed by atoms with Gasteiger partial charge in [0.25, 0.3) is 0 Å². The summed E-state index contributed by atoms with van der Waals surface area (Å²) >= 11 is 11.9. The van der Waals surface area contributed by atoms with Crippen molar-refractivity contribution in [3.05, 3.63) is 58.3 Å². The molecule has 0 aliphatic carbocycles. The molecule has 31 heavy (non-hydrogen) atoms. The second kappa shape index (κ2) is 9.75. The van der Waals surface area contributed by atoms with Crippen LogP contribution in [0, 0.1) is 0 Å². The lowest BCUT2D eigenvalue weighted by atomic mass is 9.89. The molecule has 7 nitrogen and oxygen atoms in total. The normalized spacial score (nSPS) is 18.9. The SMILES string of the molecule is CC(C)(C)OC(=O)N1CC[C@@H](NC(=O)Nc2ccc(Cl)cc2)[C@H](c2ccc(Cl)cn2)C1. The first-order valence-electron chi connectivity index (χ1n) is 10.0. The number of rotatable bonds is 3. The van der Waals surface area contributed by atoms with E-state index in [9.17, 15) is 9.59 Å². The van der Waals surface area contributed by atoms with Crippen molar-refractivity contribution >= 4 is 41.0 Å². The number of likely N-dealkylation sites (tertiary alicyclic amines) is 1. The number of ether oxygens (including phenoxy) is 1. The topological polar surface area (TPSA) is 83.6 Å². The first kappa shape index (κ1) is 23.2. The molecule has 9 heteroatoms. The van der Waals surface area contributed by atoms with Crippen molar-refractivity contribution in [1.29, 1.82) is 0 Å². The highest BCUT2D eigenvalue weighted by Gasteiger charge is 2.36. The number of nitrogens with zero attached hydrogens (tertiary/aromatic N) is 2. The molecule has 166 valence electrons. The van der Waals surface area contributed by atoms with Gasteiger partial charge in [0.1, 0.15) is 5.60 Å². The Morgan fingerprint density at radius 3 is 2.39 bits per heavy atom. The van der Waals surface area contributed by atoms with Gasteiger partial charge in [-0.1, -0.05) is 23.2 Å². The number of hydrogen-bond acceptors (Lipinski definition) is 4. The van der Waals surface area contributed by atoms with Crippen LogP contribution in [0.25, 0.3) is 0 Å². The number of carbonyl (C=O) groups excluding carboxylic acids is 2. The smallest absolute Gasteiger partial charge is 0.410 e. The summed E-state index contributed by atoms with van der Waals surface area (Å²) in [6.45, 7) is 6.33. The van der Waals surface area contributed by atoms with Crippen molar-refractivity contribution in [3.63, 3.8) is 0 Å². The summed E-state index contributed by atoms with van der Waals surface area (Å²) < 4.78 is 5.52. The Morgan fingerprint density at radius 1 is 1.10 bits per heavy atom. The Bertz CT molecular complexity index is 914. The third-order valence-corrected chi connectivity index (χ3v) is 5.29. The van der Waals surface area contributed by atoms with Crippen LogP contribution in [-0.4, -0.2) is 46.7 Å². The maximum absolute atomic E-state index is 12.6. The van der Waals surface area contributed by atoms with Gasteiger partial charge >= 0.3 is 12.1 Å². The van der Waals surface area contributed by atoms with Crippen molar-refractivity contribution in [2.75, 3.05) is 18.4 Å². The van der Waals surface area contributed by atoms with Crippen LogP contribution in [0.1, 0.15) is 38.8 Å². The van der Waals surface area contributed by atoms with E-state index in [1.54, 1.807) is 41.4 Å². The van der Waals surface area contributed by atoms with Gasteiger partial charge in [-0.15, -0.1) is 0 Å². The predicted molar refractivity (Wildman–Crippen MR) is 122 cm³/mol. The zero-order valence-corrected chi connectivity index (χ0v) is 19.2. The van der Waals surface area contributed by atoms with Crippen molar-refractivity contribution in [1.82, 2.24) is 15.2 Å². The predicted octanol–water partition coefficient (Wildman–Crippen LogP) is 5.30. The Hall–Kier alpha value is -2.51. The Kier molecular flexibility index (Phi) is 7.28. The lowest BCUT2D eigenvalue weighted by molar-refractivity contribution is 0.0178. The number of piperidine rings is 1. The van der Waals surface area contributed by atoms with Gasteiger partial charge in [0.05, 0.1) is 5.02 Å². The van der Waals surface area contributed by atoms with E-state index >= 15 is 0 Å². The molecule has 0 spiro atoms. The number of benzene rings is 1. The third-order valence-electron chi connectivity index (χ3n) is 4.81. The molecule has 3 amide bonds. The van der Waals surface area contributed by atoms with Gasteiger partial charge in [0.2, 0.25) is 0 Å². The fourth-order valence-electron chi connectivity index (χ4n) is 3.39. The summed E-state index contributed by atoms with van der Waals surface area (Å²) in [4.78, 5) is 31.3. The quantitative estimate of drug-likeness (QED) is 0.644. The first-order valence-corrected chi connectivity index (χ1v) is 10.8. The molecule has 1 aromatic heterocycles. The number of urea groups is 1. The highest BCUT2D eigenvalue weighted by atomic mass is 35.5. The van der Waals surface area contributed by atoms with E-state index in [1.807, 2.05) is 26.8 Å². The molecule has 0 bridgehead atoms. The molecule has 2 atom stereocenters. The lowest BCUT2D eigenvalue weighted by Gasteiger charge is -2.39. The van der Waals surface area contributed by atoms with E-state index in [1.165, 1.54) is 0 Å². The average molecular weight is 465 g/mol. The molecule has 0 radical (unpaired) electrons. The van der Waals surface area contributed by atoms with Crippen LogP contribution >= 0.6 is 23.2 Å². The molecule has 1 fully saturated rings. The summed E-state index contributed by atoms with van der Waals surface area (Å²) in [5.41, 5.74) is 0.794. The minimum atomic E-state index is -0.585. The Balaban J connectivity index is 1.73. The molecule has 3 rings (SSSR count). The maximum atomic E-state index is 12.6. The van der Waals surface area contributed by atoms with E-state index in [-0.39, 0.29) is 24.1 Å². The van der Waals surface area contributed by atoms with Gasteiger partial charge < -0.3 is 20.3 Å². The fourth-order valence-corrected chi connectivity index (χ4v) is 3.63. The first-order chi connectivity index (χ1) is 14.6. The van der Waals surface area contributed by atoms with Gasteiger partial charge in [-0.3, -0.25) is 4.98 Å². The minimum absolute atomic E-state index is 0.213. The van der Waals surface area contributed by atoms with Gasteiger partial charge in [0, 0.05) is 47.7 Å². The summed E-state index contributed by atoms with van der Waals surface area (Å²) in [6, 6.07) is 9.87. The molecule has 2 aromatic rings. The van der Waals surface area contributed by atoms with Crippen LogP contribution in [0.5, 0.6) is 0 Å². The Morgan fingerprint density at radius 2 is 1.77 bits per heavy atom. The van der Waals surface area contributed by atoms with Crippen LogP contribution < -0.4 is 10.6 Å². The van der Waals surface area contributed by atoms with E-state index in [0.717, 1.165) is 5.69 Å². The summed E-state index contributed by atoms with van der Waals surface area (Å²) in [5, 5.41) is 6.94. The number of hydrogen-bond donors (Lipinski definition) is 2. The van der Waals surface area contributed by atoms with Crippen LogP contribution in [0.4, 0.5) is 15.3 Å².